The van der Waals surface area contributed by atoms with Crippen molar-refractivity contribution in [3.8, 4) is 0 Å². The highest BCUT2D eigenvalue weighted by Gasteiger charge is 2.15. The van der Waals surface area contributed by atoms with Gasteiger partial charge < -0.3 is 14.2 Å². The Hall–Kier alpha value is -0.870. The van der Waals surface area contributed by atoms with Crippen LogP contribution in [0, 0.1) is 0 Å². The number of hydrogen-bond acceptors (Lipinski definition) is 4. The first kappa shape index (κ1) is 64.1. The van der Waals surface area contributed by atoms with Crippen molar-refractivity contribution in [2.24, 2.45) is 0 Å². The molecule has 0 rings (SSSR count). The summed E-state index contributed by atoms with van der Waals surface area (Å²) >= 11 is 0. The van der Waals surface area contributed by atoms with Crippen LogP contribution >= 0.6 is 0 Å². The van der Waals surface area contributed by atoms with Crippen LogP contribution in [-0.4, -0.2) is 38.5 Å². The third-order valence-corrected chi connectivity index (χ3v) is 13.8. The Labute approximate surface area is 409 Å². The molecule has 0 aromatic carbocycles. The molecule has 0 N–H and O–H groups in total. The fourth-order valence-corrected chi connectivity index (χ4v) is 9.34. The van der Waals surface area contributed by atoms with Gasteiger partial charge in [0, 0.05) is 19.6 Å². The first-order chi connectivity index (χ1) is 32.2. The van der Waals surface area contributed by atoms with E-state index in [9.17, 15) is 4.79 Å². The maximum absolute atomic E-state index is 12.9. The number of ether oxygens (including phenoxy) is 3. The molecule has 388 valence electrons. The van der Waals surface area contributed by atoms with Gasteiger partial charge in [0.25, 0.3) is 0 Å². The number of carbonyl (C=O) groups excluding carboxylic acids is 1. The molecule has 0 radical (unpaired) electrons. The standard InChI is InChI=1S/C61H120O4/c1-4-7-10-13-16-19-22-25-28-30-32-35-38-41-44-47-50-53-56-63-58-60(65-61(62)55-52-49-46-43-40-37-34-27-24-21-18-15-12-9-6-3)59-64-57-54-51-48-45-42-39-36-33-31-29-26-23-20-17-14-11-8-5-2/h27,34,60H,4-26,28-33,35-59H2,1-3H3/b34-27-. The third-order valence-electron chi connectivity index (χ3n) is 13.8. The van der Waals surface area contributed by atoms with Crippen molar-refractivity contribution in [2.45, 2.75) is 348 Å². The molecule has 0 bridgehead atoms. The third kappa shape index (κ3) is 57.4. The molecule has 65 heavy (non-hydrogen) atoms. The lowest BCUT2D eigenvalue weighted by atomic mass is 10.0. The molecule has 0 aliphatic rings. The van der Waals surface area contributed by atoms with E-state index in [2.05, 4.69) is 32.9 Å². The SMILES string of the molecule is CCCCCCCC/C=C\CCCCCCCC(=O)OC(COCCCCCCCCCCCCCCCCCCCC)COCCCCCCCCCCCCCCCCCCCC. The van der Waals surface area contributed by atoms with Crippen LogP contribution in [0.2, 0.25) is 0 Å². The molecular weight excluding hydrogens is 797 g/mol. The normalized spacial score (nSPS) is 11.8. The van der Waals surface area contributed by atoms with Crippen LogP contribution < -0.4 is 0 Å². The highest BCUT2D eigenvalue weighted by molar-refractivity contribution is 5.69. The predicted octanol–water partition coefficient (Wildman–Crippen LogP) is 21.1. The predicted molar refractivity (Wildman–Crippen MR) is 289 cm³/mol. The minimum Gasteiger partial charge on any atom is -0.457 e. The molecule has 0 saturated heterocycles. The lowest BCUT2D eigenvalue weighted by Gasteiger charge is -2.18. The molecule has 4 heteroatoms. The fraction of sp³-hybridized carbons (Fsp3) is 0.951. The first-order valence-electron chi connectivity index (χ1n) is 30.2. The van der Waals surface area contributed by atoms with Crippen molar-refractivity contribution in [1.29, 1.82) is 0 Å². The second-order valence-electron chi connectivity index (χ2n) is 20.6. The highest BCUT2D eigenvalue weighted by atomic mass is 16.6. The summed E-state index contributed by atoms with van der Waals surface area (Å²) < 4.78 is 18.1. The van der Waals surface area contributed by atoms with Crippen molar-refractivity contribution < 1.29 is 19.0 Å². The Morgan fingerprint density at radius 1 is 0.308 bits per heavy atom. The van der Waals surface area contributed by atoms with Crippen LogP contribution in [0.5, 0.6) is 0 Å². The Bertz CT molecular complexity index is 843. The van der Waals surface area contributed by atoms with E-state index in [1.165, 1.54) is 289 Å². The number of rotatable bonds is 58. The minimum absolute atomic E-state index is 0.0823. The Kier molecular flexibility index (Phi) is 58.5. The number of carbonyl (C=O) groups is 1. The van der Waals surface area contributed by atoms with Gasteiger partial charge in [-0.2, -0.15) is 0 Å². The van der Waals surface area contributed by atoms with E-state index in [1.807, 2.05) is 0 Å². The van der Waals surface area contributed by atoms with E-state index in [0.29, 0.717) is 19.6 Å². The number of unbranched alkanes of at least 4 members (excludes halogenated alkanes) is 45. The average molecular weight is 918 g/mol. The molecule has 4 nitrogen and oxygen atoms in total. The number of esters is 1. The molecule has 0 aliphatic heterocycles. The number of hydrogen-bond donors (Lipinski definition) is 0. The summed E-state index contributed by atoms with van der Waals surface area (Å²) in [7, 11) is 0. The van der Waals surface area contributed by atoms with Gasteiger partial charge in [-0.1, -0.05) is 303 Å². The van der Waals surface area contributed by atoms with Crippen molar-refractivity contribution in [3.63, 3.8) is 0 Å². The Balaban J connectivity index is 4.09. The van der Waals surface area contributed by atoms with E-state index < -0.39 is 0 Å². The molecule has 0 aromatic heterocycles. The second-order valence-corrected chi connectivity index (χ2v) is 20.6. The second kappa shape index (κ2) is 59.3. The van der Waals surface area contributed by atoms with Crippen LogP contribution in [-0.2, 0) is 19.0 Å². The monoisotopic (exact) mass is 917 g/mol. The van der Waals surface area contributed by atoms with Crippen LogP contribution in [0.25, 0.3) is 0 Å². The zero-order valence-electron chi connectivity index (χ0n) is 45.0. The van der Waals surface area contributed by atoms with Crippen molar-refractivity contribution in [2.75, 3.05) is 26.4 Å². The lowest BCUT2D eigenvalue weighted by molar-refractivity contribution is -0.156. The molecule has 0 aromatic rings. The van der Waals surface area contributed by atoms with Gasteiger partial charge in [0.15, 0.2) is 0 Å². The maximum atomic E-state index is 12.9. The zero-order chi connectivity index (χ0) is 46.9. The van der Waals surface area contributed by atoms with Crippen LogP contribution in [0.1, 0.15) is 342 Å². The van der Waals surface area contributed by atoms with Gasteiger partial charge >= 0.3 is 5.97 Å². The largest absolute Gasteiger partial charge is 0.457 e. The molecular formula is C61H120O4. The van der Waals surface area contributed by atoms with Gasteiger partial charge in [0.2, 0.25) is 0 Å². The summed E-state index contributed by atoms with van der Waals surface area (Å²) in [5.74, 6) is -0.0823. The van der Waals surface area contributed by atoms with Gasteiger partial charge in [0.1, 0.15) is 6.10 Å². The molecule has 0 fully saturated rings. The highest BCUT2D eigenvalue weighted by Crippen LogP contribution is 2.17. The minimum atomic E-state index is -0.295. The van der Waals surface area contributed by atoms with Gasteiger partial charge in [-0.05, 0) is 44.9 Å². The average Bonchev–Trinajstić information content (AvgIpc) is 3.31. The lowest BCUT2D eigenvalue weighted by Crippen LogP contribution is -2.29. The van der Waals surface area contributed by atoms with Crippen molar-refractivity contribution in [3.05, 3.63) is 12.2 Å². The van der Waals surface area contributed by atoms with Gasteiger partial charge in [0.05, 0.1) is 13.2 Å². The van der Waals surface area contributed by atoms with Crippen molar-refractivity contribution >= 4 is 5.97 Å². The van der Waals surface area contributed by atoms with E-state index in [0.717, 1.165) is 38.9 Å². The quantitative estimate of drug-likeness (QED) is 0.0346. The van der Waals surface area contributed by atoms with Crippen LogP contribution in [0.4, 0.5) is 0 Å². The smallest absolute Gasteiger partial charge is 0.306 e. The van der Waals surface area contributed by atoms with Gasteiger partial charge in [-0.15, -0.1) is 0 Å². The Morgan fingerprint density at radius 2 is 0.538 bits per heavy atom. The molecule has 0 unspecified atom stereocenters. The van der Waals surface area contributed by atoms with Gasteiger partial charge in [-0.3, -0.25) is 4.79 Å². The molecule has 0 spiro atoms. The molecule has 0 aliphatic carbocycles. The summed E-state index contributed by atoms with van der Waals surface area (Å²) in [6, 6.07) is 0. The summed E-state index contributed by atoms with van der Waals surface area (Å²) in [5.41, 5.74) is 0. The van der Waals surface area contributed by atoms with Gasteiger partial charge in [-0.25, -0.2) is 0 Å². The van der Waals surface area contributed by atoms with E-state index in [4.69, 9.17) is 14.2 Å². The molecule has 0 amide bonds. The van der Waals surface area contributed by atoms with E-state index in [-0.39, 0.29) is 12.1 Å². The fourth-order valence-electron chi connectivity index (χ4n) is 9.34. The maximum Gasteiger partial charge on any atom is 0.306 e. The summed E-state index contributed by atoms with van der Waals surface area (Å²) in [6.07, 6.45) is 71.3. The summed E-state index contributed by atoms with van der Waals surface area (Å²) in [4.78, 5) is 12.9. The van der Waals surface area contributed by atoms with Crippen molar-refractivity contribution in [1.82, 2.24) is 0 Å². The molecule has 0 saturated carbocycles. The first-order valence-corrected chi connectivity index (χ1v) is 30.2. The molecule has 0 atom stereocenters. The van der Waals surface area contributed by atoms with Crippen LogP contribution in [0.15, 0.2) is 12.2 Å². The topological polar surface area (TPSA) is 44.8 Å². The molecule has 0 heterocycles. The van der Waals surface area contributed by atoms with E-state index >= 15 is 0 Å². The van der Waals surface area contributed by atoms with E-state index in [1.54, 1.807) is 0 Å². The summed E-state index contributed by atoms with van der Waals surface area (Å²) in [6.45, 7) is 9.30. The zero-order valence-corrected chi connectivity index (χ0v) is 45.0. The Morgan fingerprint density at radius 3 is 0.815 bits per heavy atom. The summed E-state index contributed by atoms with van der Waals surface area (Å²) in [5, 5.41) is 0. The van der Waals surface area contributed by atoms with Crippen LogP contribution in [0.3, 0.4) is 0 Å². The number of allylic oxidation sites excluding steroid dienone is 2.